The van der Waals surface area contributed by atoms with Crippen LogP contribution >= 0.6 is 0 Å². The molecule has 4 rings (SSSR count). The largest absolute Gasteiger partial charge is 0.396 e. The van der Waals surface area contributed by atoms with E-state index in [4.69, 9.17) is 0 Å². The van der Waals surface area contributed by atoms with Crippen molar-refractivity contribution in [3.8, 4) is 0 Å². The molecule has 0 aliphatic carbocycles. The average Bonchev–Trinajstić information content (AvgIpc) is 3.09. The lowest BCUT2D eigenvalue weighted by Crippen LogP contribution is -2.43. The van der Waals surface area contributed by atoms with Crippen LogP contribution in [0.3, 0.4) is 0 Å². The van der Waals surface area contributed by atoms with Gasteiger partial charge in [-0.15, -0.1) is 0 Å². The lowest BCUT2D eigenvalue weighted by atomic mass is 10.0. The van der Waals surface area contributed by atoms with Crippen LogP contribution in [0.5, 0.6) is 0 Å². The molecule has 0 amide bonds. The molecular weight excluding hydrogens is 394 g/mol. The fourth-order valence-corrected chi connectivity index (χ4v) is 5.76. The van der Waals surface area contributed by atoms with Crippen LogP contribution in [0.25, 0.3) is 10.8 Å². The first-order valence-electron chi connectivity index (χ1n) is 10.6. The van der Waals surface area contributed by atoms with E-state index in [9.17, 15) is 9.32 Å². The van der Waals surface area contributed by atoms with Crippen LogP contribution in [0.2, 0.25) is 0 Å². The Morgan fingerprint density at radius 1 is 1.13 bits per heavy atom. The Kier molecular flexibility index (Phi) is 6.27. The highest BCUT2D eigenvalue weighted by molar-refractivity contribution is 7.85. The number of aromatic nitrogens is 1. The Hall–Kier alpha value is -2.15. The van der Waals surface area contributed by atoms with Crippen LogP contribution in [0.1, 0.15) is 31.4 Å². The van der Waals surface area contributed by atoms with E-state index >= 15 is 0 Å². The summed E-state index contributed by atoms with van der Waals surface area (Å²) in [5.74, 6) is 0.480. The highest BCUT2D eigenvalue weighted by atomic mass is 32.2. The van der Waals surface area contributed by atoms with Crippen LogP contribution in [-0.4, -0.2) is 50.9 Å². The van der Waals surface area contributed by atoms with Gasteiger partial charge in [-0.2, -0.15) is 0 Å². The van der Waals surface area contributed by atoms with Gasteiger partial charge >= 0.3 is 0 Å². The van der Waals surface area contributed by atoms with Gasteiger partial charge in [-0.3, -0.25) is 9.11 Å². The number of hydrogen-bond donors (Lipinski definition) is 1. The maximum atomic E-state index is 13.3. The van der Waals surface area contributed by atoms with Crippen molar-refractivity contribution in [2.24, 2.45) is 0 Å². The van der Waals surface area contributed by atoms with Crippen molar-refractivity contribution < 1.29 is 9.32 Å². The predicted octanol–water partition coefficient (Wildman–Crippen LogP) is 3.80. The van der Waals surface area contributed by atoms with E-state index in [-0.39, 0.29) is 6.61 Å². The van der Waals surface area contributed by atoms with Crippen LogP contribution < -0.4 is 4.90 Å². The number of aliphatic hydroxyl groups is 1. The lowest BCUT2D eigenvalue weighted by Gasteiger charge is -2.37. The molecule has 0 saturated carbocycles. The number of nitrogens with zero attached hydrogens (tertiary/aromatic N) is 3. The van der Waals surface area contributed by atoms with Gasteiger partial charge < -0.3 is 14.6 Å². The summed E-state index contributed by atoms with van der Waals surface area (Å²) in [5, 5.41) is 12.6. The van der Waals surface area contributed by atoms with Crippen molar-refractivity contribution in [1.82, 2.24) is 9.47 Å². The van der Waals surface area contributed by atoms with Crippen molar-refractivity contribution in [2.75, 3.05) is 31.0 Å². The molecule has 1 aliphatic rings. The molecule has 0 radical (unpaired) electrons. The minimum atomic E-state index is -1.15. The van der Waals surface area contributed by atoms with E-state index in [1.54, 1.807) is 0 Å². The molecule has 30 heavy (non-hydrogen) atoms. The third kappa shape index (κ3) is 4.04. The summed E-state index contributed by atoms with van der Waals surface area (Å²) < 4.78 is 15.5. The monoisotopic (exact) mass is 425 g/mol. The third-order valence-electron chi connectivity index (χ3n) is 5.79. The SMILES string of the molecule is CC(C)N1CN(C)Cc2c1cn(Cc1cccc3ccccc13)c2S(=O)CCCO. The average molecular weight is 426 g/mol. The smallest absolute Gasteiger partial charge is 0.113 e. The summed E-state index contributed by atoms with van der Waals surface area (Å²) in [5.41, 5.74) is 3.58. The van der Waals surface area contributed by atoms with E-state index in [2.05, 4.69) is 83.9 Å². The van der Waals surface area contributed by atoms with Crippen LogP contribution in [0.15, 0.2) is 53.7 Å². The fourth-order valence-electron chi connectivity index (χ4n) is 4.35. The molecule has 0 saturated heterocycles. The molecule has 0 spiro atoms. The first kappa shape index (κ1) is 21.1. The van der Waals surface area contributed by atoms with Gasteiger partial charge in [0.25, 0.3) is 0 Å². The molecule has 1 aromatic heterocycles. The fraction of sp³-hybridized carbons (Fsp3) is 0.417. The standard InChI is InChI=1S/C24H31N3O2S/c1-18(2)27-17-25(3)15-22-23(27)16-26(24(22)30(29)13-7-12-28)14-20-10-6-9-19-8-4-5-11-21(19)20/h4-6,8-11,16,18,28H,7,12-15,17H2,1-3H3. The Balaban J connectivity index is 1.82. The Morgan fingerprint density at radius 3 is 2.67 bits per heavy atom. The zero-order valence-electron chi connectivity index (χ0n) is 18.0. The minimum Gasteiger partial charge on any atom is -0.396 e. The Morgan fingerprint density at radius 2 is 1.90 bits per heavy atom. The van der Waals surface area contributed by atoms with Gasteiger partial charge in [0.05, 0.1) is 23.2 Å². The molecule has 6 heteroatoms. The van der Waals surface area contributed by atoms with Crippen LogP contribution in [0.4, 0.5) is 5.69 Å². The number of benzene rings is 2. The Labute approximate surface area is 181 Å². The van der Waals surface area contributed by atoms with Crippen molar-refractivity contribution >= 4 is 27.3 Å². The van der Waals surface area contributed by atoms with Gasteiger partial charge in [-0.05, 0) is 43.7 Å². The molecule has 0 bridgehead atoms. The van der Waals surface area contributed by atoms with E-state index < -0.39 is 10.8 Å². The normalized spacial score (nSPS) is 15.7. The summed E-state index contributed by atoms with van der Waals surface area (Å²) in [6.45, 7) is 6.81. The molecule has 160 valence electrons. The number of rotatable bonds is 7. The summed E-state index contributed by atoms with van der Waals surface area (Å²) in [6, 6.07) is 15.2. The van der Waals surface area contributed by atoms with E-state index in [0.717, 1.165) is 23.8 Å². The zero-order chi connectivity index (χ0) is 21.3. The van der Waals surface area contributed by atoms with Gasteiger partial charge in [0.2, 0.25) is 0 Å². The van der Waals surface area contributed by atoms with Crippen molar-refractivity contribution in [2.45, 2.75) is 44.4 Å². The molecule has 1 aliphatic heterocycles. The maximum Gasteiger partial charge on any atom is 0.113 e. The number of anilines is 1. The topological polar surface area (TPSA) is 48.7 Å². The summed E-state index contributed by atoms with van der Waals surface area (Å²) in [7, 11) is 0.958. The van der Waals surface area contributed by atoms with Crippen molar-refractivity contribution in [1.29, 1.82) is 0 Å². The molecule has 1 atom stereocenters. The summed E-state index contributed by atoms with van der Waals surface area (Å²) in [4.78, 5) is 4.66. The van der Waals surface area contributed by atoms with Gasteiger partial charge in [0.1, 0.15) is 5.03 Å². The first-order valence-corrected chi connectivity index (χ1v) is 11.9. The number of aliphatic hydroxyl groups excluding tert-OH is 1. The van der Waals surface area contributed by atoms with E-state index in [1.165, 1.54) is 22.0 Å². The molecular formula is C24H31N3O2S. The van der Waals surface area contributed by atoms with Gasteiger partial charge in [-0.1, -0.05) is 42.5 Å². The van der Waals surface area contributed by atoms with Crippen molar-refractivity contribution in [3.63, 3.8) is 0 Å². The lowest BCUT2D eigenvalue weighted by molar-refractivity contribution is 0.295. The molecule has 3 aromatic rings. The predicted molar refractivity (Wildman–Crippen MR) is 124 cm³/mol. The third-order valence-corrected chi connectivity index (χ3v) is 7.36. The van der Waals surface area contributed by atoms with E-state index in [1.807, 2.05) is 0 Å². The molecule has 0 fully saturated rings. The number of hydrogen-bond acceptors (Lipinski definition) is 4. The van der Waals surface area contributed by atoms with Gasteiger partial charge in [0.15, 0.2) is 0 Å². The second kappa shape index (κ2) is 8.92. The highest BCUT2D eigenvalue weighted by Gasteiger charge is 2.30. The second-order valence-corrected chi connectivity index (χ2v) is 9.90. The van der Waals surface area contributed by atoms with Gasteiger partial charge in [0, 0.05) is 43.3 Å². The maximum absolute atomic E-state index is 13.3. The number of fused-ring (bicyclic) bond motifs is 2. The minimum absolute atomic E-state index is 0.0655. The second-order valence-electron chi connectivity index (χ2n) is 8.41. The Bertz CT molecular complexity index is 1050. The van der Waals surface area contributed by atoms with E-state index in [0.29, 0.717) is 24.8 Å². The molecule has 2 aromatic carbocycles. The quantitative estimate of drug-likeness (QED) is 0.626. The summed E-state index contributed by atoms with van der Waals surface area (Å²) >= 11 is 0. The highest BCUT2D eigenvalue weighted by Crippen LogP contribution is 2.35. The van der Waals surface area contributed by atoms with Crippen molar-refractivity contribution in [3.05, 3.63) is 59.8 Å². The van der Waals surface area contributed by atoms with Crippen LogP contribution in [-0.2, 0) is 23.9 Å². The van der Waals surface area contributed by atoms with Crippen LogP contribution in [0, 0.1) is 0 Å². The molecule has 1 unspecified atom stereocenters. The first-order chi connectivity index (χ1) is 14.5. The molecule has 5 nitrogen and oxygen atoms in total. The summed E-state index contributed by atoms with van der Waals surface area (Å²) in [6.07, 6.45) is 2.74. The van der Waals surface area contributed by atoms with Gasteiger partial charge in [-0.25, -0.2) is 0 Å². The zero-order valence-corrected chi connectivity index (χ0v) is 18.9. The molecule has 1 N–H and O–H groups in total. The molecule has 2 heterocycles.